The minimum absolute atomic E-state index is 0.0919. The highest BCUT2D eigenvalue weighted by Gasteiger charge is 2.32. The van der Waals surface area contributed by atoms with Crippen LogP contribution in [0.1, 0.15) is 45.2 Å². The van der Waals surface area contributed by atoms with Gasteiger partial charge in [-0.05, 0) is 31.1 Å². The summed E-state index contributed by atoms with van der Waals surface area (Å²) in [6.45, 7) is 8.63. The number of carbonyl (C=O) groups excluding carboxylic acids is 1. The second kappa shape index (κ2) is 6.91. The zero-order valence-corrected chi connectivity index (χ0v) is 14.3. The lowest BCUT2D eigenvalue weighted by molar-refractivity contribution is 0.00908. The number of rotatable bonds is 3. The van der Waals surface area contributed by atoms with Gasteiger partial charge in [-0.15, -0.1) is 0 Å². The SMILES string of the molecule is CC1(C)CCCC(OC(=O)N2CCN(Cc3cnc[nH]3)CC2)C1. The van der Waals surface area contributed by atoms with Gasteiger partial charge in [0.05, 0.1) is 6.33 Å². The van der Waals surface area contributed by atoms with Crippen molar-refractivity contribution in [1.82, 2.24) is 19.8 Å². The van der Waals surface area contributed by atoms with Crippen LogP contribution in [0.4, 0.5) is 4.79 Å². The van der Waals surface area contributed by atoms with E-state index in [-0.39, 0.29) is 12.2 Å². The Labute approximate surface area is 138 Å². The maximum Gasteiger partial charge on any atom is 0.410 e. The Balaban J connectivity index is 1.43. The Morgan fingerprint density at radius 2 is 2.17 bits per heavy atom. The number of ether oxygens (including phenoxy) is 1. The van der Waals surface area contributed by atoms with E-state index in [1.807, 2.05) is 11.1 Å². The molecule has 1 saturated carbocycles. The van der Waals surface area contributed by atoms with E-state index in [1.165, 1.54) is 6.42 Å². The second-order valence-electron chi connectivity index (χ2n) is 7.61. The standard InChI is InChI=1S/C17H28N4O2/c1-17(2)5-3-4-15(10-17)23-16(22)21-8-6-20(7-9-21)12-14-11-18-13-19-14/h11,13,15H,3-10,12H2,1-2H3,(H,18,19). The van der Waals surface area contributed by atoms with Crippen LogP contribution in [0.15, 0.2) is 12.5 Å². The molecule has 128 valence electrons. The van der Waals surface area contributed by atoms with Crippen molar-refractivity contribution in [2.24, 2.45) is 5.41 Å². The van der Waals surface area contributed by atoms with Crippen molar-refractivity contribution in [2.45, 2.75) is 52.2 Å². The number of piperazine rings is 1. The molecule has 23 heavy (non-hydrogen) atoms. The summed E-state index contributed by atoms with van der Waals surface area (Å²) in [5.41, 5.74) is 1.41. The summed E-state index contributed by atoms with van der Waals surface area (Å²) in [6, 6.07) is 0. The van der Waals surface area contributed by atoms with Crippen LogP contribution in [0, 0.1) is 5.41 Å². The molecule has 1 N–H and O–H groups in total. The Bertz CT molecular complexity index is 507. The largest absolute Gasteiger partial charge is 0.446 e. The van der Waals surface area contributed by atoms with E-state index < -0.39 is 0 Å². The average Bonchev–Trinajstić information content (AvgIpc) is 3.00. The van der Waals surface area contributed by atoms with E-state index in [0.29, 0.717) is 5.41 Å². The summed E-state index contributed by atoms with van der Waals surface area (Å²) in [5.74, 6) is 0. The van der Waals surface area contributed by atoms with Gasteiger partial charge >= 0.3 is 6.09 Å². The van der Waals surface area contributed by atoms with Crippen molar-refractivity contribution in [2.75, 3.05) is 26.2 Å². The number of hydrogen-bond donors (Lipinski definition) is 1. The van der Waals surface area contributed by atoms with Gasteiger partial charge in [-0.25, -0.2) is 9.78 Å². The lowest BCUT2D eigenvalue weighted by atomic mass is 9.76. The Hall–Kier alpha value is -1.56. The van der Waals surface area contributed by atoms with Crippen LogP contribution in [0.25, 0.3) is 0 Å². The number of aromatic amines is 1. The molecule has 2 fully saturated rings. The number of amides is 1. The van der Waals surface area contributed by atoms with Crippen LogP contribution in [-0.4, -0.2) is 58.1 Å². The van der Waals surface area contributed by atoms with Gasteiger partial charge in [0.25, 0.3) is 0 Å². The van der Waals surface area contributed by atoms with Gasteiger partial charge in [0, 0.05) is 44.6 Å². The van der Waals surface area contributed by atoms with Crippen LogP contribution in [0.2, 0.25) is 0 Å². The molecule has 0 spiro atoms. The predicted molar refractivity (Wildman–Crippen MR) is 88.0 cm³/mol. The van der Waals surface area contributed by atoms with Crippen LogP contribution in [0.5, 0.6) is 0 Å². The third-order valence-corrected chi connectivity index (χ3v) is 5.01. The van der Waals surface area contributed by atoms with Crippen molar-refractivity contribution in [3.8, 4) is 0 Å². The molecular formula is C17H28N4O2. The minimum atomic E-state index is -0.131. The fourth-order valence-corrected chi connectivity index (χ4v) is 3.65. The van der Waals surface area contributed by atoms with Gasteiger partial charge in [0.1, 0.15) is 6.10 Å². The van der Waals surface area contributed by atoms with E-state index in [9.17, 15) is 4.79 Å². The predicted octanol–water partition coefficient (Wildman–Crippen LogP) is 2.63. The molecule has 2 aliphatic rings. The number of H-pyrrole nitrogens is 1. The molecule has 6 nitrogen and oxygen atoms in total. The number of nitrogens with one attached hydrogen (secondary N) is 1. The van der Waals surface area contributed by atoms with Gasteiger partial charge in [0.2, 0.25) is 0 Å². The second-order valence-corrected chi connectivity index (χ2v) is 7.61. The summed E-state index contributed by atoms with van der Waals surface area (Å²) in [6.07, 6.45) is 7.90. The summed E-state index contributed by atoms with van der Waals surface area (Å²) in [7, 11) is 0. The Kier molecular flexibility index (Phi) is 4.90. The molecule has 1 unspecified atom stereocenters. The van der Waals surface area contributed by atoms with Crippen molar-refractivity contribution in [1.29, 1.82) is 0 Å². The van der Waals surface area contributed by atoms with Crippen molar-refractivity contribution >= 4 is 6.09 Å². The molecule has 1 aromatic rings. The van der Waals surface area contributed by atoms with Gasteiger partial charge in [-0.1, -0.05) is 13.8 Å². The molecule has 2 heterocycles. The highest BCUT2D eigenvalue weighted by Crippen LogP contribution is 2.36. The molecule has 0 bridgehead atoms. The molecule has 1 aliphatic heterocycles. The van der Waals surface area contributed by atoms with Gasteiger partial charge in [-0.3, -0.25) is 4.90 Å². The minimum Gasteiger partial charge on any atom is -0.446 e. The third kappa shape index (κ3) is 4.47. The van der Waals surface area contributed by atoms with Crippen molar-refractivity contribution in [3.63, 3.8) is 0 Å². The molecule has 0 radical (unpaired) electrons. The first kappa shape index (κ1) is 16.3. The van der Waals surface area contributed by atoms with Crippen molar-refractivity contribution < 1.29 is 9.53 Å². The fraction of sp³-hybridized carbons (Fsp3) is 0.765. The third-order valence-electron chi connectivity index (χ3n) is 5.01. The monoisotopic (exact) mass is 320 g/mol. The lowest BCUT2D eigenvalue weighted by Gasteiger charge is -2.37. The highest BCUT2D eigenvalue weighted by atomic mass is 16.6. The smallest absolute Gasteiger partial charge is 0.410 e. The number of hydrogen-bond acceptors (Lipinski definition) is 4. The number of nitrogens with zero attached hydrogens (tertiary/aromatic N) is 3. The van der Waals surface area contributed by atoms with Crippen molar-refractivity contribution in [3.05, 3.63) is 18.2 Å². The molecule has 3 rings (SSSR count). The molecule has 6 heteroatoms. The van der Waals surface area contributed by atoms with E-state index >= 15 is 0 Å². The van der Waals surface area contributed by atoms with Crippen LogP contribution < -0.4 is 0 Å². The van der Waals surface area contributed by atoms with E-state index in [1.54, 1.807) is 6.33 Å². The molecular weight excluding hydrogens is 292 g/mol. The molecule has 1 aliphatic carbocycles. The van der Waals surface area contributed by atoms with Crippen LogP contribution in [0.3, 0.4) is 0 Å². The maximum absolute atomic E-state index is 12.4. The average molecular weight is 320 g/mol. The summed E-state index contributed by atoms with van der Waals surface area (Å²) in [5, 5.41) is 0. The fourth-order valence-electron chi connectivity index (χ4n) is 3.65. The topological polar surface area (TPSA) is 61.5 Å². The Morgan fingerprint density at radius 1 is 1.39 bits per heavy atom. The number of carbonyl (C=O) groups is 1. The van der Waals surface area contributed by atoms with E-state index in [2.05, 4.69) is 28.7 Å². The van der Waals surface area contributed by atoms with Gasteiger partial charge < -0.3 is 14.6 Å². The molecule has 1 amide bonds. The number of aromatic nitrogens is 2. The Morgan fingerprint density at radius 3 is 2.83 bits per heavy atom. The maximum atomic E-state index is 12.4. The lowest BCUT2D eigenvalue weighted by Crippen LogP contribution is -2.49. The first-order valence-corrected chi connectivity index (χ1v) is 8.67. The molecule has 0 aromatic carbocycles. The zero-order valence-electron chi connectivity index (χ0n) is 14.3. The highest BCUT2D eigenvalue weighted by molar-refractivity contribution is 5.68. The first-order chi connectivity index (χ1) is 11.0. The van der Waals surface area contributed by atoms with Gasteiger partial charge in [-0.2, -0.15) is 0 Å². The quantitative estimate of drug-likeness (QED) is 0.930. The molecule has 1 saturated heterocycles. The summed E-state index contributed by atoms with van der Waals surface area (Å²) in [4.78, 5) is 23.7. The molecule has 1 aromatic heterocycles. The zero-order chi connectivity index (χ0) is 16.3. The van der Waals surface area contributed by atoms with E-state index in [0.717, 1.165) is 57.7 Å². The van der Waals surface area contributed by atoms with Gasteiger partial charge in [0.15, 0.2) is 0 Å². The normalized spacial score (nSPS) is 25.3. The molecule has 1 atom stereocenters. The van der Waals surface area contributed by atoms with Crippen LogP contribution in [-0.2, 0) is 11.3 Å². The van der Waals surface area contributed by atoms with Crippen LogP contribution >= 0.6 is 0 Å². The first-order valence-electron chi connectivity index (χ1n) is 8.67. The summed E-state index contributed by atoms with van der Waals surface area (Å²) >= 11 is 0. The summed E-state index contributed by atoms with van der Waals surface area (Å²) < 4.78 is 5.76. The van der Waals surface area contributed by atoms with E-state index in [4.69, 9.17) is 4.74 Å². The number of imidazole rings is 1.